The number of rotatable bonds is 4. The second kappa shape index (κ2) is 6.53. The van der Waals surface area contributed by atoms with E-state index >= 15 is 0 Å². The van der Waals surface area contributed by atoms with Crippen LogP contribution in [0, 0.1) is 0 Å². The molecule has 1 N–H and O–H groups in total. The van der Waals surface area contributed by atoms with Crippen molar-refractivity contribution in [3.8, 4) is 0 Å². The van der Waals surface area contributed by atoms with Gasteiger partial charge in [-0.15, -0.1) is 11.3 Å². The van der Waals surface area contributed by atoms with Crippen LogP contribution >= 0.6 is 43.2 Å². The van der Waals surface area contributed by atoms with Gasteiger partial charge in [-0.1, -0.05) is 38.1 Å². The number of thiophene rings is 1. The van der Waals surface area contributed by atoms with Crippen LogP contribution in [0.15, 0.2) is 37.9 Å². The van der Waals surface area contributed by atoms with Gasteiger partial charge in [0.1, 0.15) is 0 Å². The SMILES string of the molecule is CNC(c1ccc(C(C)C)cc1)c1cc(Br)sc1Br. The third-order valence-electron chi connectivity index (χ3n) is 3.22. The van der Waals surface area contributed by atoms with Crippen molar-refractivity contribution >= 4 is 43.2 Å². The molecule has 1 aromatic carbocycles. The molecule has 102 valence electrons. The first-order chi connectivity index (χ1) is 9.02. The Kier molecular flexibility index (Phi) is 5.23. The smallest absolute Gasteiger partial charge is 0.0761 e. The third-order valence-corrected chi connectivity index (χ3v) is 5.60. The third kappa shape index (κ3) is 3.48. The van der Waals surface area contributed by atoms with Crippen molar-refractivity contribution < 1.29 is 0 Å². The highest BCUT2D eigenvalue weighted by atomic mass is 79.9. The van der Waals surface area contributed by atoms with Gasteiger partial charge in [0, 0.05) is 0 Å². The summed E-state index contributed by atoms with van der Waals surface area (Å²) in [6.07, 6.45) is 0. The van der Waals surface area contributed by atoms with E-state index < -0.39 is 0 Å². The number of halogens is 2. The summed E-state index contributed by atoms with van der Waals surface area (Å²) in [5.74, 6) is 0.573. The van der Waals surface area contributed by atoms with E-state index in [0.29, 0.717) is 5.92 Å². The van der Waals surface area contributed by atoms with Crippen LogP contribution < -0.4 is 5.32 Å². The molecule has 0 aliphatic heterocycles. The summed E-state index contributed by atoms with van der Waals surface area (Å²) in [6, 6.07) is 11.3. The number of benzene rings is 1. The molecule has 0 amide bonds. The highest BCUT2D eigenvalue weighted by molar-refractivity contribution is 9.12. The molecular weight excluding hydrogens is 386 g/mol. The van der Waals surface area contributed by atoms with E-state index in [0.717, 1.165) is 3.79 Å². The fourth-order valence-electron chi connectivity index (χ4n) is 2.12. The maximum absolute atomic E-state index is 3.64. The van der Waals surface area contributed by atoms with Gasteiger partial charge in [0.25, 0.3) is 0 Å². The topological polar surface area (TPSA) is 12.0 Å². The predicted molar refractivity (Wildman–Crippen MR) is 91.2 cm³/mol. The minimum Gasteiger partial charge on any atom is -0.309 e. The Bertz CT molecular complexity index is 546. The van der Waals surface area contributed by atoms with Gasteiger partial charge in [0.05, 0.1) is 13.6 Å². The molecule has 1 unspecified atom stereocenters. The summed E-state index contributed by atoms with van der Waals surface area (Å²) in [6.45, 7) is 4.44. The molecule has 2 rings (SSSR count). The van der Waals surface area contributed by atoms with Crippen LogP contribution in [-0.2, 0) is 0 Å². The molecule has 0 radical (unpaired) electrons. The van der Waals surface area contributed by atoms with Crippen LogP contribution in [0.1, 0.15) is 42.5 Å². The average molecular weight is 403 g/mol. The van der Waals surface area contributed by atoms with Crippen molar-refractivity contribution in [2.24, 2.45) is 0 Å². The van der Waals surface area contributed by atoms with E-state index in [1.54, 1.807) is 11.3 Å². The zero-order valence-electron chi connectivity index (χ0n) is 11.2. The van der Waals surface area contributed by atoms with Gasteiger partial charge in [-0.2, -0.15) is 0 Å². The van der Waals surface area contributed by atoms with Crippen LogP contribution in [0.4, 0.5) is 0 Å². The molecule has 0 aliphatic carbocycles. The van der Waals surface area contributed by atoms with Gasteiger partial charge in [0.2, 0.25) is 0 Å². The van der Waals surface area contributed by atoms with E-state index in [4.69, 9.17) is 0 Å². The van der Waals surface area contributed by atoms with Gasteiger partial charge in [0.15, 0.2) is 0 Å². The Morgan fingerprint density at radius 2 is 1.63 bits per heavy atom. The van der Waals surface area contributed by atoms with E-state index in [2.05, 4.69) is 81.4 Å². The lowest BCUT2D eigenvalue weighted by Gasteiger charge is -2.17. The van der Waals surface area contributed by atoms with Crippen molar-refractivity contribution in [2.45, 2.75) is 25.8 Å². The first-order valence-corrected chi connectivity index (χ1v) is 8.65. The molecule has 0 aliphatic rings. The second-order valence-electron chi connectivity index (χ2n) is 4.82. The summed E-state index contributed by atoms with van der Waals surface area (Å²) in [4.78, 5) is 0. The van der Waals surface area contributed by atoms with Crippen LogP contribution in [0.25, 0.3) is 0 Å². The van der Waals surface area contributed by atoms with E-state index in [1.165, 1.54) is 20.5 Å². The highest BCUT2D eigenvalue weighted by Crippen LogP contribution is 2.37. The van der Waals surface area contributed by atoms with Crippen LogP contribution in [-0.4, -0.2) is 7.05 Å². The monoisotopic (exact) mass is 401 g/mol. The summed E-state index contributed by atoms with van der Waals surface area (Å²) in [7, 11) is 2.00. The normalized spacial score (nSPS) is 12.9. The minimum atomic E-state index is 0.220. The molecule has 0 fully saturated rings. The molecule has 0 spiro atoms. The minimum absolute atomic E-state index is 0.220. The van der Waals surface area contributed by atoms with Crippen molar-refractivity contribution in [1.29, 1.82) is 0 Å². The average Bonchev–Trinajstić information content (AvgIpc) is 2.70. The van der Waals surface area contributed by atoms with Crippen LogP contribution in [0.3, 0.4) is 0 Å². The van der Waals surface area contributed by atoms with Crippen LogP contribution in [0.2, 0.25) is 0 Å². The molecule has 1 aromatic heterocycles. The zero-order valence-corrected chi connectivity index (χ0v) is 15.2. The number of hydrogen-bond donors (Lipinski definition) is 1. The van der Waals surface area contributed by atoms with Crippen molar-refractivity contribution in [3.05, 3.63) is 54.6 Å². The molecule has 1 nitrogen and oxygen atoms in total. The highest BCUT2D eigenvalue weighted by Gasteiger charge is 2.17. The lowest BCUT2D eigenvalue weighted by molar-refractivity contribution is 0.691. The van der Waals surface area contributed by atoms with Gasteiger partial charge < -0.3 is 5.32 Å². The Morgan fingerprint density at radius 1 is 1.05 bits per heavy atom. The maximum Gasteiger partial charge on any atom is 0.0761 e. The molecule has 0 saturated carbocycles. The Morgan fingerprint density at radius 3 is 2.05 bits per heavy atom. The molecule has 1 atom stereocenters. The van der Waals surface area contributed by atoms with Crippen molar-refractivity contribution in [1.82, 2.24) is 5.32 Å². The lowest BCUT2D eigenvalue weighted by atomic mass is 9.97. The van der Waals surface area contributed by atoms with Crippen molar-refractivity contribution in [2.75, 3.05) is 7.05 Å². The molecule has 1 heterocycles. The summed E-state index contributed by atoms with van der Waals surface area (Å²) >= 11 is 8.90. The quantitative estimate of drug-likeness (QED) is 0.690. The number of hydrogen-bond acceptors (Lipinski definition) is 2. The predicted octanol–water partition coefficient (Wildman–Crippen LogP) is 5.71. The van der Waals surface area contributed by atoms with Gasteiger partial charge in [-0.05, 0) is 67.6 Å². The molecule has 4 heteroatoms. The van der Waals surface area contributed by atoms with Gasteiger partial charge in [-0.25, -0.2) is 0 Å². The van der Waals surface area contributed by atoms with Gasteiger partial charge in [-0.3, -0.25) is 0 Å². The molecule has 2 aromatic rings. The standard InChI is InChI=1S/C15H17Br2NS/c1-9(2)10-4-6-11(7-5-10)14(18-3)12-8-13(16)19-15(12)17/h4-9,14,18H,1-3H3. The molecule has 0 saturated heterocycles. The van der Waals surface area contributed by atoms with E-state index in [-0.39, 0.29) is 6.04 Å². The summed E-state index contributed by atoms with van der Waals surface area (Å²) in [5.41, 5.74) is 3.94. The van der Waals surface area contributed by atoms with Gasteiger partial charge >= 0.3 is 0 Å². The Hall–Kier alpha value is -0.160. The van der Waals surface area contributed by atoms with E-state index in [1.807, 2.05) is 7.05 Å². The van der Waals surface area contributed by atoms with Crippen molar-refractivity contribution in [3.63, 3.8) is 0 Å². The fraction of sp³-hybridized carbons (Fsp3) is 0.333. The summed E-state index contributed by atoms with van der Waals surface area (Å²) in [5, 5.41) is 3.39. The lowest BCUT2D eigenvalue weighted by Crippen LogP contribution is -2.17. The second-order valence-corrected chi connectivity index (χ2v) is 8.57. The first-order valence-electron chi connectivity index (χ1n) is 6.24. The number of nitrogens with one attached hydrogen (secondary N) is 1. The summed E-state index contributed by atoms with van der Waals surface area (Å²) < 4.78 is 2.32. The Labute approximate surface area is 135 Å². The zero-order chi connectivity index (χ0) is 14.0. The largest absolute Gasteiger partial charge is 0.309 e. The van der Waals surface area contributed by atoms with Crippen LogP contribution in [0.5, 0.6) is 0 Å². The molecule has 0 bridgehead atoms. The Balaban J connectivity index is 2.34. The molecular formula is C15H17Br2NS. The fourth-order valence-corrected chi connectivity index (χ4v) is 5.03. The maximum atomic E-state index is 3.64. The first kappa shape index (κ1) is 15.2. The van der Waals surface area contributed by atoms with E-state index in [9.17, 15) is 0 Å². The molecule has 19 heavy (non-hydrogen) atoms.